The van der Waals surface area contributed by atoms with Crippen LogP contribution in [0.2, 0.25) is 0 Å². The summed E-state index contributed by atoms with van der Waals surface area (Å²) < 4.78 is 72.2. The summed E-state index contributed by atoms with van der Waals surface area (Å²) in [7, 11) is 0. The van der Waals surface area contributed by atoms with Crippen LogP contribution in [0.3, 0.4) is 0 Å². The number of unbranched alkanes of at least 4 members (excludes halogenated alkanes) is 4. The van der Waals surface area contributed by atoms with Crippen LogP contribution in [0.5, 0.6) is 0 Å². The van der Waals surface area contributed by atoms with Gasteiger partial charge in [-0.1, -0.05) is 46.5 Å². The summed E-state index contributed by atoms with van der Waals surface area (Å²) >= 11 is 0. The van der Waals surface area contributed by atoms with Crippen molar-refractivity contribution < 1.29 is 36.3 Å². The van der Waals surface area contributed by atoms with Gasteiger partial charge in [0.05, 0.1) is 6.61 Å². The number of hydrogen-bond acceptors (Lipinski definition) is 3. The molecule has 9 heteroatoms. The van der Waals surface area contributed by atoms with Crippen molar-refractivity contribution in [3.63, 3.8) is 0 Å². The van der Waals surface area contributed by atoms with Gasteiger partial charge in [0, 0.05) is 0 Å². The monoisotopic (exact) mass is 409 g/mol. The molecule has 1 N–H and O–H groups in total. The maximum absolute atomic E-state index is 13.8. The molecule has 1 rings (SSSR count). The van der Waals surface area contributed by atoms with Crippen molar-refractivity contribution >= 4 is 11.9 Å². The molecule has 0 spiro atoms. The van der Waals surface area contributed by atoms with E-state index in [1.54, 1.807) is 0 Å². The molecule has 0 aliphatic carbocycles. The average Bonchev–Trinajstić information content (AvgIpc) is 2.65. The van der Waals surface area contributed by atoms with Crippen molar-refractivity contribution in [2.24, 2.45) is 5.92 Å². The normalized spacial score (nSPS) is 12.2. The molecule has 0 aliphatic heterocycles. The van der Waals surface area contributed by atoms with Crippen molar-refractivity contribution in [3.05, 3.63) is 34.6 Å². The zero-order valence-electron chi connectivity index (χ0n) is 16.0. The minimum absolute atomic E-state index is 0.101. The van der Waals surface area contributed by atoms with Gasteiger partial charge in [0.25, 0.3) is 5.91 Å². The van der Waals surface area contributed by atoms with E-state index in [4.69, 9.17) is 4.74 Å². The number of benzene rings is 1. The van der Waals surface area contributed by atoms with E-state index in [2.05, 4.69) is 6.92 Å². The average molecular weight is 409 g/mol. The topological polar surface area (TPSA) is 55.4 Å². The van der Waals surface area contributed by atoms with Crippen molar-refractivity contribution in [3.8, 4) is 0 Å². The van der Waals surface area contributed by atoms with Crippen LogP contribution in [0, 0.1) is 35.0 Å². The summed E-state index contributed by atoms with van der Waals surface area (Å²) in [6.07, 6.45) is 4.56. The number of ether oxygens (including phenoxy) is 1. The van der Waals surface area contributed by atoms with Gasteiger partial charge in [-0.15, -0.1) is 0 Å². The number of amides is 1. The Labute approximate surface area is 160 Å². The third-order valence-electron chi connectivity index (χ3n) is 4.14. The van der Waals surface area contributed by atoms with Crippen molar-refractivity contribution in [2.45, 2.75) is 58.9 Å². The fourth-order valence-electron chi connectivity index (χ4n) is 2.48. The third kappa shape index (κ3) is 5.90. The van der Waals surface area contributed by atoms with Gasteiger partial charge < -0.3 is 10.1 Å². The highest BCUT2D eigenvalue weighted by molar-refractivity contribution is 5.97. The highest BCUT2D eigenvalue weighted by Crippen LogP contribution is 2.23. The lowest BCUT2D eigenvalue weighted by Crippen LogP contribution is -2.46. The molecule has 0 fully saturated rings. The van der Waals surface area contributed by atoms with Gasteiger partial charge in [0.15, 0.2) is 23.3 Å². The Hall–Kier alpha value is -2.19. The van der Waals surface area contributed by atoms with Crippen LogP contribution >= 0.6 is 0 Å². The van der Waals surface area contributed by atoms with E-state index < -0.39 is 58.5 Å². The molecule has 4 nitrogen and oxygen atoms in total. The molecule has 0 saturated carbocycles. The van der Waals surface area contributed by atoms with E-state index >= 15 is 0 Å². The second-order valence-corrected chi connectivity index (χ2v) is 6.72. The van der Waals surface area contributed by atoms with Crippen LogP contribution in [-0.4, -0.2) is 24.5 Å². The van der Waals surface area contributed by atoms with E-state index in [0.717, 1.165) is 25.7 Å². The minimum atomic E-state index is -2.37. The molecule has 0 aromatic heterocycles. The summed E-state index contributed by atoms with van der Waals surface area (Å²) in [5, 5.41) is 2.00. The van der Waals surface area contributed by atoms with Gasteiger partial charge in [-0.2, -0.15) is 0 Å². The van der Waals surface area contributed by atoms with Gasteiger partial charge >= 0.3 is 5.97 Å². The second-order valence-electron chi connectivity index (χ2n) is 6.72. The summed E-state index contributed by atoms with van der Waals surface area (Å²) in [6.45, 7) is 5.22. The van der Waals surface area contributed by atoms with Crippen LogP contribution in [0.15, 0.2) is 0 Å². The smallest absolute Gasteiger partial charge is 0.328 e. The molecule has 0 radical (unpaired) electrons. The number of hydrogen-bond donors (Lipinski definition) is 1. The second kappa shape index (κ2) is 11.0. The molecule has 0 aliphatic rings. The first kappa shape index (κ1) is 23.8. The Kier molecular flexibility index (Phi) is 9.34. The largest absolute Gasteiger partial charge is 0.464 e. The number of rotatable bonds is 10. The van der Waals surface area contributed by atoms with Crippen molar-refractivity contribution in [1.82, 2.24) is 5.32 Å². The molecule has 1 atom stereocenters. The standard InChI is InChI=1S/C19H24F5NO3/c1-4-5-6-7-8-9-28-19(27)17(10(2)3)25-18(26)11-12(20)14(22)16(24)15(23)13(11)21/h10,17H,4-9H2,1-3H3,(H,25,26). The van der Waals surface area contributed by atoms with Crippen LogP contribution < -0.4 is 5.32 Å². The maximum atomic E-state index is 13.8. The van der Waals surface area contributed by atoms with Gasteiger partial charge in [-0.25, -0.2) is 26.7 Å². The van der Waals surface area contributed by atoms with Crippen LogP contribution in [0.1, 0.15) is 63.2 Å². The lowest BCUT2D eigenvalue weighted by Gasteiger charge is -2.21. The molecule has 1 aromatic carbocycles. The summed E-state index contributed by atoms with van der Waals surface area (Å²) in [6, 6.07) is -1.31. The van der Waals surface area contributed by atoms with Gasteiger partial charge in [0.1, 0.15) is 11.6 Å². The summed E-state index contributed by atoms with van der Waals surface area (Å²) in [5.74, 6) is -14.3. The Morgan fingerprint density at radius 2 is 1.36 bits per heavy atom. The number of nitrogens with one attached hydrogen (secondary N) is 1. The number of halogens is 5. The number of carbonyl (C=O) groups is 2. The van der Waals surface area contributed by atoms with E-state index in [9.17, 15) is 31.5 Å². The van der Waals surface area contributed by atoms with Gasteiger partial charge in [-0.05, 0) is 12.3 Å². The highest BCUT2D eigenvalue weighted by Gasteiger charge is 2.33. The molecule has 1 aromatic rings. The third-order valence-corrected chi connectivity index (χ3v) is 4.14. The fraction of sp³-hybridized carbons (Fsp3) is 0.579. The lowest BCUT2D eigenvalue weighted by atomic mass is 10.0. The first-order valence-corrected chi connectivity index (χ1v) is 9.12. The zero-order valence-corrected chi connectivity index (χ0v) is 16.0. The number of carbonyl (C=O) groups excluding carboxylic acids is 2. The predicted octanol–water partition coefficient (Wildman–Crippen LogP) is 4.65. The summed E-state index contributed by atoms with van der Waals surface area (Å²) in [5.41, 5.74) is -1.64. The van der Waals surface area contributed by atoms with E-state index in [0.29, 0.717) is 6.42 Å². The molecule has 0 saturated heterocycles. The zero-order chi connectivity index (χ0) is 21.4. The van der Waals surface area contributed by atoms with Crippen LogP contribution in [0.4, 0.5) is 22.0 Å². The van der Waals surface area contributed by atoms with E-state index in [-0.39, 0.29) is 6.61 Å². The minimum Gasteiger partial charge on any atom is -0.464 e. The Morgan fingerprint density at radius 1 is 0.857 bits per heavy atom. The van der Waals surface area contributed by atoms with Gasteiger partial charge in [-0.3, -0.25) is 4.79 Å². The van der Waals surface area contributed by atoms with Crippen molar-refractivity contribution in [2.75, 3.05) is 6.61 Å². The van der Waals surface area contributed by atoms with E-state index in [1.165, 1.54) is 13.8 Å². The summed E-state index contributed by atoms with van der Waals surface area (Å²) in [4.78, 5) is 24.3. The molecular weight excluding hydrogens is 385 g/mol. The molecule has 0 heterocycles. The fourth-order valence-corrected chi connectivity index (χ4v) is 2.48. The first-order valence-electron chi connectivity index (χ1n) is 9.12. The Bertz CT molecular complexity index is 680. The van der Waals surface area contributed by atoms with E-state index in [1.807, 2.05) is 5.32 Å². The molecule has 1 amide bonds. The number of esters is 1. The molecule has 158 valence electrons. The quantitative estimate of drug-likeness (QED) is 0.201. The maximum Gasteiger partial charge on any atom is 0.328 e. The predicted molar refractivity (Wildman–Crippen MR) is 92.0 cm³/mol. The molecular formula is C19H24F5NO3. The molecule has 1 unspecified atom stereocenters. The van der Waals surface area contributed by atoms with Crippen LogP contribution in [-0.2, 0) is 9.53 Å². The SMILES string of the molecule is CCCCCCCOC(=O)C(NC(=O)c1c(F)c(F)c(F)c(F)c1F)C(C)C. The Morgan fingerprint density at radius 3 is 1.86 bits per heavy atom. The highest BCUT2D eigenvalue weighted by atomic mass is 19.2. The van der Waals surface area contributed by atoms with Crippen LogP contribution in [0.25, 0.3) is 0 Å². The van der Waals surface area contributed by atoms with Gasteiger partial charge in [0.2, 0.25) is 5.82 Å². The lowest BCUT2D eigenvalue weighted by molar-refractivity contribution is -0.147. The molecule has 28 heavy (non-hydrogen) atoms. The first-order chi connectivity index (χ1) is 13.1. The molecule has 0 bridgehead atoms. The van der Waals surface area contributed by atoms with Crippen molar-refractivity contribution in [1.29, 1.82) is 0 Å². The Balaban J connectivity index is 2.85.